The molecule has 3 heteroatoms. The molecule has 0 aromatic heterocycles. The van der Waals surface area contributed by atoms with Crippen LogP contribution in [0.1, 0.15) is 23.6 Å². The Balaban J connectivity index is 2.25. The van der Waals surface area contributed by atoms with Gasteiger partial charge >= 0.3 is 0 Å². The van der Waals surface area contributed by atoms with Crippen LogP contribution in [0.2, 0.25) is 0 Å². The highest BCUT2D eigenvalue weighted by Crippen LogP contribution is 2.24. The van der Waals surface area contributed by atoms with E-state index in [-0.39, 0.29) is 0 Å². The standard InChI is InChI=1S/C16H17F2N/c1-11-3-6-13(7-4-11)16(2,19)10-12-5-8-14(17)15(18)9-12/h3-9H,10,19H2,1-2H3. The number of rotatable bonds is 3. The molecule has 0 fully saturated rings. The minimum absolute atomic E-state index is 0.452. The van der Waals surface area contributed by atoms with Crippen LogP contribution in [-0.2, 0) is 12.0 Å². The molecule has 0 amide bonds. The molecule has 2 aromatic carbocycles. The molecule has 0 saturated carbocycles. The van der Waals surface area contributed by atoms with E-state index in [4.69, 9.17) is 5.73 Å². The van der Waals surface area contributed by atoms with E-state index in [2.05, 4.69) is 0 Å². The number of nitrogens with two attached hydrogens (primary N) is 1. The largest absolute Gasteiger partial charge is 0.321 e. The Hall–Kier alpha value is -1.74. The van der Waals surface area contributed by atoms with Crippen LogP contribution in [0.4, 0.5) is 8.78 Å². The fraction of sp³-hybridized carbons (Fsp3) is 0.250. The molecule has 0 aliphatic rings. The van der Waals surface area contributed by atoms with Crippen molar-refractivity contribution >= 4 is 0 Å². The number of aryl methyl sites for hydroxylation is 1. The summed E-state index contributed by atoms with van der Waals surface area (Å²) in [5.41, 5.74) is 8.50. The molecule has 1 unspecified atom stereocenters. The number of hydrogen-bond donors (Lipinski definition) is 1. The van der Waals surface area contributed by atoms with Gasteiger partial charge in [0.05, 0.1) is 0 Å². The van der Waals surface area contributed by atoms with Gasteiger partial charge in [-0.1, -0.05) is 35.9 Å². The first kappa shape index (κ1) is 13.7. The minimum Gasteiger partial charge on any atom is -0.321 e. The van der Waals surface area contributed by atoms with Crippen LogP contribution in [-0.4, -0.2) is 0 Å². The smallest absolute Gasteiger partial charge is 0.159 e. The molecule has 1 atom stereocenters. The van der Waals surface area contributed by atoms with Crippen molar-refractivity contribution < 1.29 is 8.78 Å². The summed E-state index contributed by atoms with van der Waals surface area (Å²) in [4.78, 5) is 0. The number of benzene rings is 2. The first-order valence-corrected chi connectivity index (χ1v) is 6.18. The second-order valence-corrected chi connectivity index (χ2v) is 5.21. The Morgan fingerprint density at radius 2 is 1.63 bits per heavy atom. The SMILES string of the molecule is Cc1ccc(C(C)(N)Cc2ccc(F)c(F)c2)cc1. The van der Waals surface area contributed by atoms with Gasteiger partial charge in [-0.3, -0.25) is 0 Å². The lowest BCUT2D eigenvalue weighted by atomic mass is 9.86. The maximum absolute atomic E-state index is 13.2. The molecule has 0 spiro atoms. The number of hydrogen-bond acceptors (Lipinski definition) is 1. The molecule has 100 valence electrons. The summed E-state index contributed by atoms with van der Waals surface area (Å²) in [5.74, 6) is -1.67. The molecule has 0 heterocycles. The zero-order valence-electron chi connectivity index (χ0n) is 11.1. The first-order valence-electron chi connectivity index (χ1n) is 6.18. The Morgan fingerprint density at radius 3 is 2.21 bits per heavy atom. The lowest BCUT2D eigenvalue weighted by Crippen LogP contribution is -2.35. The summed E-state index contributed by atoms with van der Waals surface area (Å²) in [6.45, 7) is 3.89. The van der Waals surface area contributed by atoms with Gasteiger partial charge in [-0.25, -0.2) is 8.78 Å². The third kappa shape index (κ3) is 3.18. The molecular weight excluding hydrogens is 244 g/mol. The molecule has 0 radical (unpaired) electrons. The topological polar surface area (TPSA) is 26.0 Å². The van der Waals surface area contributed by atoms with Gasteiger partial charge in [-0.2, -0.15) is 0 Å². The molecule has 19 heavy (non-hydrogen) atoms. The second kappa shape index (κ2) is 5.10. The van der Waals surface area contributed by atoms with E-state index >= 15 is 0 Å². The van der Waals surface area contributed by atoms with Crippen molar-refractivity contribution in [3.05, 3.63) is 70.8 Å². The Bertz CT molecular complexity index is 574. The van der Waals surface area contributed by atoms with Gasteiger partial charge in [-0.15, -0.1) is 0 Å². The highest BCUT2D eigenvalue weighted by atomic mass is 19.2. The van der Waals surface area contributed by atoms with Crippen LogP contribution < -0.4 is 5.73 Å². The van der Waals surface area contributed by atoms with E-state index in [9.17, 15) is 8.78 Å². The van der Waals surface area contributed by atoms with E-state index in [0.717, 1.165) is 17.2 Å². The van der Waals surface area contributed by atoms with Crippen molar-refractivity contribution in [2.75, 3.05) is 0 Å². The average molecular weight is 261 g/mol. The van der Waals surface area contributed by atoms with Crippen molar-refractivity contribution in [3.8, 4) is 0 Å². The van der Waals surface area contributed by atoms with Crippen LogP contribution in [0.3, 0.4) is 0 Å². The summed E-state index contributed by atoms with van der Waals surface area (Å²) in [6, 6.07) is 11.8. The molecule has 1 nitrogen and oxygen atoms in total. The summed E-state index contributed by atoms with van der Waals surface area (Å²) in [5, 5.41) is 0. The van der Waals surface area contributed by atoms with Gasteiger partial charge < -0.3 is 5.73 Å². The van der Waals surface area contributed by atoms with E-state index in [1.807, 2.05) is 38.1 Å². The second-order valence-electron chi connectivity index (χ2n) is 5.21. The van der Waals surface area contributed by atoms with Crippen molar-refractivity contribution in [2.24, 2.45) is 5.73 Å². The maximum atomic E-state index is 13.2. The van der Waals surface area contributed by atoms with Gasteiger partial charge in [0.25, 0.3) is 0 Å². The van der Waals surface area contributed by atoms with Crippen molar-refractivity contribution in [1.82, 2.24) is 0 Å². The zero-order chi connectivity index (χ0) is 14.0. The fourth-order valence-electron chi connectivity index (χ4n) is 2.11. The quantitative estimate of drug-likeness (QED) is 0.896. The summed E-state index contributed by atoms with van der Waals surface area (Å²) >= 11 is 0. The van der Waals surface area contributed by atoms with Crippen LogP contribution in [0.5, 0.6) is 0 Å². The molecule has 2 N–H and O–H groups in total. The Kier molecular flexibility index (Phi) is 3.67. The van der Waals surface area contributed by atoms with E-state index in [0.29, 0.717) is 12.0 Å². The summed E-state index contributed by atoms with van der Waals surface area (Å²) in [7, 11) is 0. The zero-order valence-corrected chi connectivity index (χ0v) is 11.1. The Morgan fingerprint density at radius 1 is 1.00 bits per heavy atom. The summed E-state index contributed by atoms with van der Waals surface area (Å²) in [6.07, 6.45) is 0.452. The van der Waals surface area contributed by atoms with Gasteiger partial charge in [0.15, 0.2) is 11.6 Å². The van der Waals surface area contributed by atoms with Gasteiger partial charge in [0.2, 0.25) is 0 Å². The van der Waals surface area contributed by atoms with Crippen LogP contribution in [0, 0.1) is 18.6 Å². The normalized spacial score (nSPS) is 14.2. The molecule has 2 aromatic rings. The third-order valence-corrected chi connectivity index (χ3v) is 3.27. The van der Waals surface area contributed by atoms with Crippen LogP contribution in [0.25, 0.3) is 0 Å². The maximum Gasteiger partial charge on any atom is 0.159 e. The highest BCUT2D eigenvalue weighted by molar-refractivity contribution is 5.30. The average Bonchev–Trinajstić information content (AvgIpc) is 2.34. The molecule has 0 aliphatic heterocycles. The predicted molar refractivity (Wildman–Crippen MR) is 72.8 cm³/mol. The predicted octanol–water partition coefficient (Wildman–Crippen LogP) is 3.69. The molecule has 0 saturated heterocycles. The van der Waals surface area contributed by atoms with E-state index < -0.39 is 17.2 Å². The number of halogens is 2. The van der Waals surface area contributed by atoms with Crippen molar-refractivity contribution in [3.63, 3.8) is 0 Å². The molecule has 2 rings (SSSR count). The lowest BCUT2D eigenvalue weighted by Gasteiger charge is -2.25. The van der Waals surface area contributed by atoms with E-state index in [1.54, 1.807) is 6.07 Å². The van der Waals surface area contributed by atoms with Crippen molar-refractivity contribution in [2.45, 2.75) is 25.8 Å². The monoisotopic (exact) mass is 261 g/mol. The van der Waals surface area contributed by atoms with Gasteiger partial charge in [0, 0.05) is 5.54 Å². The lowest BCUT2D eigenvalue weighted by molar-refractivity contribution is 0.480. The van der Waals surface area contributed by atoms with Crippen LogP contribution >= 0.6 is 0 Å². The minimum atomic E-state index is -0.836. The summed E-state index contributed by atoms with van der Waals surface area (Å²) < 4.78 is 26.1. The fourth-order valence-corrected chi connectivity index (χ4v) is 2.11. The van der Waals surface area contributed by atoms with Gasteiger partial charge in [0.1, 0.15) is 0 Å². The molecule has 0 aliphatic carbocycles. The molecule has 0 bridgehead atoms. The van der Waals surface area contributed by atoms with Crippen LogP contribution in [0.15, 0.2) is 42.5 Å². The third-order valence-electron chi connectivity index (χ3n) is 3.27. The highest BCUT2D eigenvalue weighted by Gasteiger charge is 2.22. The Labute approximate surface area is 112 Å². The van der Waals surface area contributed by atoms with E-state index in [1.165, 1.54) is 6.07 Å². The first-order chi connectivity index (χ1) is 8.88. The van der Waals surface area contributed by atoms with Gasteiger partial charge in [-0.05, 0) is 43.5 Å². The van der Waals surface area contributed by atoms with Crippen molar-refractivity contribution in [1.29, 1.82) is 0 Å². The molecular formula is C16H17F2N.